The topological polar surface area (TPSA) is 60.5 Å². The number of ether oxygens (including phenoxy) is 2. The van der Waals surface area contributed by atoms with E-state index in [0.29, 0.717) is 5.75 Å². The van der Waals surface area contributed by atoms with Crippen molar-refractivity contribution in [1.82, 2.24) is 10.3 Å². The van der Waals surface area contributed by atoms with E-state index < -0.39 is 6.10 Å². The Labute approximate surface area is 159 Å². The lowest BCUT2D eigenvalue weighted by Gasteiger charge is -2.22. The third kappa shape index (κ3) is 4.85. The molecule has 0 aliphatic heterocycles. The largest absolute Gasteiger partial charge is 0.497 e. The van der Waals surface area contributed by atoms with Gasteiger partial charge in [-0.1, -0.05) is 30.3 Å². The predicted octanol–water partition coefficient (Wildman–Crippen LogP) is 3.76. The van der Waals surface area contributed by atoms with E-state index in [2.05, 4.69) is 10.3 Å². The van der Waals surface area contributed by atoms with Crippen LogP contribution in [-0.2, 0) is 4.79 Å². The van der Waals surface area contributed by atoms with Gasteiger partial charge in [-0.25, -0.2) is 0 Å². The fourth-order valence-corrected chi connectivity index (χ4v) is 2.73. The minimum absolute atomic E-state index is 0.198. The number of aromatic nitrogens is 1. The van der Waals surface area contributed by atoms with Crippen molar-refractivity contribution in [2.75, 3.05) is 7.11 Å². The van der Waals surface area contributed by atoms with E-state index in [0.717, 1.165) is 16.9 Å². The Hall–Kier alpha value is -3.34. The van der Waals surface area contributed by atoms with Crippen molar-refractivity contribution < 1.29 is 14.3 Å². The Morgan fingerprint density at radius 3 is 2.11 bits per heavy atom. The summed E-state index contributed by atoms with van der Waals surface area (Å²) < 4.78 is 10.9. The van der Waals surface area contributed by atoms with E-state index in [9.17, 15) is 4.79 Å². The van der Waals surface area contributed by atoms with Gasteiger partial charge in [-0.15, -0.1) is 0 Å². The molecule has 2 aromatic carbocycles. The maximum atomic E-state index is 12.8. The molecule has 5 heteroatoms. The molecule has 2 unspecified atom stereocenters. The summed E-state index contributed by atoms with van der Waals surface area (Å²) in [6.07, 6.45) is 2.79. The van der Waals surface area contributed by atoms with Crippen LogP contribution in [0.2, 0.25) is 0 Å². The van der Waals surface area contributed by atoms with Gasteiger partial charge in [-0.2, -0.15) is 0 Å². The normalized spacial score (nSPS) is 12.7. The lowest BCUT2D eigenvalue weighted by Crippen LogP contribution is -2.39. The average molecular weight is 362 g/mol. The number of carbonyl (C=O) groups excluding carboxylic acids is 1. The molecule has 5 nitrogen and oxygen atoms in total. The van der Waals surface area contributed by atoms with E-state index in [1.165, 1.54) is 0 Å². The van der Waals surface area contributed by atoms with Crippen molar-refractivity contribution in [2.24, 2.45) is 0 Å². The van der Waals surface area contributed by atoms with Crippen molar-refractivity contribution in [3.05, 3.63) is 90.3 Å². The highest BCUT2D eigenvalue weighted by Crippen LogP contribution is 2.22. The van der Waals surface area contributed by atoms with Gasteiger partial charge in [-0.05, 0) is 54.4 Å². The van der Waals surface area contributed by atoms with Crippen LogP contribution < -0.4 is 14.8 Å². The summed E-state index contributed by atoms with van der Waals surface area (Å²) in [6, 6.07) is 20.5. The fourth-order valence-electron chi connectivity index (χ4n) is 2.73. The van der Waals surface area contributed by atoms with Crippen LogP contribution in [0, 0.1) is 0 Å². The molecule has 1 amide bonds. The highest BCUT2D eigenvalue weighted by atomic mass is 16.5. The summed E-state index contributed by atoms with van der Waals surface area (Å²) >= 11 is 0. The Balaban J connectivity index is 1.73. The third-order valence-electron chi connectivity index (χ3n) is 4.20. The second-order valence-corrected chi connectivity index (χ2v) is 6.07. The van der Waals surface area contributed by atoms with Crippen LogP contribution in [-0.4, -0.2) is 24.1 Å². The molecule has 1 heterocycles. The summed E-state index contributed by atoms with van der Waals surface area (Å²) in [5, 5.41) is 3.08. The van der Waals surface area contributed by atoms with Crippen LogP contribution in [0.1, 0.15) is 24.1 Å². The number of nitrogens with zero attached hydrogens (tertiary/aromatic N) is 1. The highest BCUT2D eigenvalue weighted by molar-refractivity contribution is 5.81. The quantitative estimate of drug-likeness (QED) is 0.695. The molecule has 3 aromatic rings. The minimum atomic E-state index is -0.647. The second-order valence-electron chi connectivity index (χ2n) is 6.07. The molecule has 0 aliphatic rings. The Morgan fingerprint density at radius 2 is 1.48 bits per heavy atom. The molecule has 2 atom stereocenters. The van der Waals surface area contributed by atoms with Crippen molar-refractivity contribution >= 4 is 5.91 Å². The first-order chi connectivity index (χ1) is 13.2. The fraction of sp³-hybridized carbons (Fsp3) is 0.182. The zero-order valence-corrected chi connectivity index (χ0v) is 15.3. The van der Waals surface area contributed by atoms with Gasteiger partial charge in [0.15, 0.2) is 6.10 Å². The number of hydrogen-bond acceptors (Lipinski definition) is 4. The van der Waals surface area contributed by atoms with E-state index in [-0.39, 0.29) is 11.9 Å². The first kappa shape index (κ1) is 18.5. The lowest BCUT2D eigenvalue weighted by atomic mass is 9.99. The standard InChI is InChI=1S/C22H22N2O3/c1-16(27-20-10-8-19(26-2)9-11-20)22(25)24-21(17-6-4-3-5-7-17)18-12-14-23-15-13-18/h3-16,21H,1-2H3,(H,24,25). The highest BCUT2D eigenvalue weighted by Gasteiger charge is 2.21. The van der Waals surface area contributed by atoms with E-state index in [1.807, 2.05) is 42.5 Å². The minimum Gasteiger partial charge on any atom is -0.497 e. The zero-order chi connectivity index (χ0) is 19.1. The Morgan fingerprint density at radius 1 is 0.889 bits per heavy atom. The van der Waals surface area contributed by atoms with Gasteiger partial charge in [0.1, 0.15) is 11.5 Å². The SMILES string of the molecule is COc1ccc(OC(C)C(=O)NC(c2ccccc2)c2ccncc2)cc1. The molecule has 0 aliphatic carbocycles. The number of amides is 1. The summed E-state index contributed by atoms with van der Waals surface area (Å²) in [4.78, 5) is 16.8. The lowest BCUT2D eigenvalue weighted by molar-refractivity contribution is -0.127. The molecule has 3 rings (SSSR count). The summed E-state index contributed by atoms with van der Waals surface area (Å²) in [7, 11) is 1.61. The number of pyridine rings is 1. The molecule has 138 valence electrons. The zero-order valence-electron chi connectivity index (χ0n) is 15.3. The molecule has 0 fully saturated rings. The van der Waals surface area contributed by atoms with Gasteiger partial charge >= 0.3 is 0 Å². The van der Waals surface area contributed by atoms with Gasteiger partial charge in [0.25, 0.3) is 5.91 Å². The van der Waals surface area contributed by atoms with Gasteiger partial charge in [-0.3, -0.25) is 9.78 Å². The molecule has 0 saturated carbocycles. The molecule has 0 radical (unpaired) electrons. The molecule has 0 saturated heterocycles. The predicted molar refractivity (Wildman–Crippen MR) is 104 cm³/mol. The Kier molecular flexibility index (Phi) is 6.05. The van der Waals surface area contributed by atoms with E-state index in [4.69, 9.17) is 9.47 Å². The van der Waals surface area contributed by atoms with Crippen LogP contribution in [0.15, 0.2) is 79.1 Å². The molecular weight excluding hydrogens is 340 g/mol. The number of rotatable bonds is 7. The molecule has 0 bridgehead atoms. The number of hydrogen-bond donors (Lipinski definition) is 1. The van der Waals surface area contributed by atoms with Crippen LogP contribution in [0.25, 0.3) is 0 Å². The van der Waals surface area contributed by atoms with Gasteiger partial charge in [0.2, 0.25) is 0 Å². The maximum Gasteiger partial charge on any atom is 0.261 e. The number of carbonyl (C=O) groups is 1. The maximum absolute atomic E-state index is 12.8. The van der Waals surface area contributed by atoms with Gasteiger partial charge in [0, 0.05) is 12.4 Å². The second kappa shape index (κ2) is 8.85. The number of methoxy groups -OCH3 is 1. The van der Waals surface area contributed by atoms with Gasteiger partial charge in [0.05, 0.1) is 13.2 Å². The van der Waals surface area contributed by atoms with Crippen LogP contribution in [0.5, 0.6) is 11.5 Å². The summed E-state index contributed by atoms with van der Waals surface area (Å²) in [5.41, 5.74) is 1.95. The third-order valence-corrected chi connectivity index (χ3v) is 4.20. The summed E-state index contributed by atoms with van der Waals surface area (Å²) in [6.45, 7) is 1.73. The first-order valence-corrected chi connectivity index (χ1v) is 8.73. The molecule has 1 aromatic heterocycles. The van der Waals surface area contributed by atoms with E-state index in [1.54, 1.807) is 50.7 Å². The van der Waals surface area contributed by atoms with Crippen molar-refractivity contribution in [2.45, 2.75) is 19.1 Å². The summed E-state index contributed by atoms with van der Waals surface area (Å²) in [5.74, 6) is 1.15. The van der Waals surface area contributed by atoms with Crippen LogP contribution >= 0.6 is 0 Å². The number of nitrogens with one attached hydrogen (secondary N) is 1. The average Bonchev–Trinajstić information content (AvgIpc) is 2.73. The van der Waals surface area contributed by atoms with Crippen LogP contribution in [0.4, 0.5) is 0 Å². The molecule has 0 spiro atoms. The molecule has 1 N–H and O–H groups in total. The smallest absolute Gasteiger partial charge is 0.261 e. The monoisotopic (exact) mass is 362 g/mol. The molecule has 27 heavy (non-hydrogen) atoms. The van der Waals surface area contributed by atoms with Crippen molar-refractivity contribution in [3.8, 4) is 11.5 Å². The number of benzene rings is 2. The Bertz CT molecular complexity index is 812. The van der Waals surface area contributed by atoms with Crippen molar-refractivity contribution in [3.63, 3.8) is 0 Å². The molecular formula is C22H22N2O3. The van der Waals surface area contributed by atoms with Gasteiger partial charge < -0.3 is 14.8 Å². The van der Waals surface area contributed by atoms with Crippen molar-refractivity contribution in [1.29, 1.82) is 0 Å². The van der Waals surface area contributed by atoms with Crippen LogP contribution in [0.3, 0.4) is 0 Å². The first-order valence-electron chi connectivity index (χ1n) is 8.73. The van der Waals surface area contributed by atoms with E-state index >= 15 is 0 Å².